The van der Waals surface area contributed by atoms with Gasteiger partial charge in [-0.1, -0.05) is 6.07 Å². The second-order valence-corrected chi connectivity index (χ2v) is 4.44. The summed E-state index contributed by atoms with van der Waals surface area (Å²) in [5.74, 6) is -2.02. The third-order valence-electron chi connectivity index (χ3n) is 2.90. The van der Waals surface area contributed by atoms with Gasteiger partial charge < -0.3 is 5.32 Å². The smallest absolute Gasteiger partial charge is 0.225 e. The van der Waals surface area contributed by atoms with Crippen LogP contribution in [0.5, 0.6) is 0 Å². The van der Waals surface area contributed by atoms with Crippen molar-refractivity contribution in [3.8, 4) is 6.07 Å². The molecule has 0 aromatic heterocycles. The molecule has 1 fully saturated rings. The Kier molecular flexibility index (Phi) is 3.56. The van der Waals surface area contributed by atoms with E-state index in [0.717, 1.165) is 25.0 Å². The normalized spacial score (nSPS) is 15.8. The fourth-order valence-electron chi connectivity index (χ4n) is 1.74. The fraction of sp³-hybridized carbons (Fsp3) is 0.385. The average molecular weight is 250 g/mol. The van der Waals surface area contributed by atoms with Gasteiger partial charge in [-0.2, -0.15) is 5.26 Å². The predicted octanol–water partition coefficient (Wildman–Crippen LogP) is 1.93. The zero-order chi connectivity index (χ0) is 13.1. The van der Waals surface area contributed by atoms with Crippen molar-refractivity contribution in [1.82, 2.24) is 5.32 Å². The number of carbonyl (C=O) groups excluding carboxylic acids is 1. The van der Waals surface area contributed by atoms with Gasteiger partial charge in [-0.15, -0.1) is 0 Å². The van der Waals surface area contributed by atoms with Crippen LogP contribution >= 0.6 is 0 Å². The Balaban J connectivity index is 1.94. The Labute approximate surface area is 103 Å². The SMILES string of the molecule is N#CC(NC(=O)Cc1ccc(F)c(F)c1)C1CC1. The highest BCUT2D eigenvalue weighted by molar-refractivity contribution is 5.79. The molecule has 0 saturated heterocycles. The van der Waals surface area contributed by atoms with Crippen molar-refractivity contribution in [3.63, 3.8) is 0 Å². The van der Waals surface area contributed by atoms with Gasteiger partial charge in [0.25, 0.3) is 0 Å². The monoisotopic (exact) mass is 250 g/mol. The number of hydrogen-bond donors (Lipinski definition) is 1. The summed E-state index contributed by atoms with van der Waals surface area (Å²) in [6.45, 7) is 0. The van der Waals surface area contributed by atoms with E-state index in [1.54, 1.807) is 0 Å². The maximum absolute atomic E-state index is 12.9. The molecule has 1 amide bonds. The molecule has 0 heterocycles. The average Bonchev–Trinajstić information content (AvgIpc) is 3.15. The van der Waals surface area contributed by atoms with Crippen LogP contribution < -0.4 is 5.32 Å². The van der Waals surface area contributed by atoms with Crippen molar-refractivity contribution in [2.45, 2.75) is 25.3 Å². The van der Waals surface area contributed by atoms with Gasteiger partial charge in [0.1, 0.15) is 6.04 Å². The molecule has 1 saturated carbocycles. The molecule has 3 nitrogen and oxygen atoms in total. The van der Waals surface area contributed by atoms with Crippen LogP contribution in [0.15, 0.2) is 18.2 Å². The van der Waals surface area contributed by atoms with Crippen molar-refractivity contribution in [2.24, 2.45) is 5.92 Å². The number of nitrogens with one attached hydrogen (secondary N) is 1. The van der Waals surface area contributed by atoms with Crippen molar-refractivity contribution >= 4 is 5.91 Å². The Morgan fingerprint density at radius 1 is 1.44 bits per heavy atom. The lowest BCUT2D eigenvalue weighted by Gasteiger charge is -2.10. The van der Waals surface area contributed by atoms with Crippen LogP contribution in [0.2, 0.25) is 0 Å². The van der Waals surface area contributed by atoms with E-state index in [1.807, 2.05) is 6.07 Å². The number of benzene rings is 1. The summed E-state index contributed by atoms with van der Waals surface area (Å²) in [6.07, 6.45) is 1.84. The van der Waals surface area contributed by atoms with E-state index in [2.05, 4.69) is 5.32 Å². The molecule has 94 valence electrons. The molecule has 1 aliphatic carbocycles. The Morgan fingerprint density at radius 2 is 2.17 bits per heavy atom. The van der Waals surface area contributed by atoms with E-state index in [0.29, 0.717) is 5.56 Å². The number of nitriles is 1. The highest BCUT2D eigenvalue weighted by atomic mass is 19.2. The van der Waals surface area contributed by atoms with Crippen LogP contribution in [0.1, 0.15) is 18.4 Å². The largest absolute Gasteiger partial charge is 0.340 e. The summed E-state index contributed by atoms with van der Waals surface area (Å²) in [5, 5.41) is 11.5. The van der Waals surface area contributed by atoms with Crippen LogP contribution in [-0.2, 0) is 11.2 Å². The topological polar surface area (TPSA) is 52.9 Å². The quantitative estimate of drug-likeness (QED) is 0.887. The lowest BCUT2D eigenvalue weighted by Crippen LogP contribution is -2.36. The summed E-state index contributed by atoms with van der Waals surface area (Å²) in [5.41, 5.74) is 0.388. The first-order valence-electron chi connectivity index (χ1n) is 5.73. The van der Waals surface area contributed by atoms with E-state index >= 15 is 0 Å². The van der Waals surface area contributed by atoms with Crippen molar-refractivity contribution in [1.29, 1.82) is 5.26 Å². The highest BCUT2D eigenvalue weighted by Gasteiger charge is 2.32. The minimum absolute atomic E-state index is 0.0535. The van der Waals surface area contributed by atoms with Crippen molar-refractivity contribution < 1.29 is 13.6 Å². The van der Waals surface area contributed by atoms with Crippen LogP contribution in [-0.4, -0.2) is 11.9 Å². The highest BCUT2D eigenvalue weighted by Crippen LogP contribution is 2.32. The standard InChI is InChI=1S/C13H12F2N2O/c14-10-4-1-8(5-11(10)15)6-13(18)17-12(7-16)9-2-3-9/h1,4-5,9,12H,2-3,6H2,(H,17,18). The van der Waals surface area contributed by atoms with Gasteiger partial charge >= 0.3 is 0 Å². The predicted molar refractivity (Wildman–Crippen MR) is 60.3 cm³/mol. The van der Waals surface area contributed by atoms with Crippen LogP contribution in [0.4, 0.5) is 8.78 Å². The van der Waals surface area contributed by atoms with Gasteiger partial charge in [0.2, 0.25) is 5.91 Å². The molecular formula is C13H12F2N2O. The van der Waals surface area contributed by atoms with Crippen LogP contribution in [0.3, 0.4) is 0 Å². The second-order valence-electron chi connectivity index (χ2n) is 4.44. The maximum atomic E-state index is 12.9. The number of carbonyl (C=O) groups is 1. The van der Waals surface area contributed by atoms with Gasteiger partial charge in [0.05, 0.1) is 12.5 Å². The molecule has 5 heteroatoms. The van der Waals surface area contributed by atoms with Crippen molar-refractivity contribution in [2.75, 3.05) is 0 Å². The zero-order valence-electron chi connectivity index (χ0n) is 9.62. The summed E-state index contributed by atoms with van der Waals surface area (Å²) < 4.78 is 25.6. The Hall–Kier alpha value is -1.96. The fourth-order valence-corrected chi connectivity index (χ4v) is 1.74. The Bertz CT molecular complexity index is 506. The molecule has 0 radical (unpaired) electrons. The van der Waals surface area contributed by atoms with Gasteiger partial charge in [-0.3, -0.25) is 4.79 Å². The molecule has 1 unspecified atom stereocenters. The van der Waals surface area contributed by atoms with E-state index in [4.69, 9.17) is 5.26 Å². The van der Waals surface area contributed by atoms with E-state index in [-0.39, 0.29) is 18.2 Å². The molecule has 2 rings (SSSR count). The van der Waals surface area contributed by atoms with E-state index in [1.165, 1.54) is 6.07 Å². The Morgan fingerprint density at radius 3 is 2.72 bits per heavy atom. The molecule has 1 aliphatic rings. The van der Waals surface area contributed by atoms with Crippen LogP contribution in [0.25, 0.3) is 0 Å². The minimum atomic E-state index is -0.973. The first-order valence-corrected chi connectivity index (χ1v) is 5.73. The number of halogens is 2. The number of amides is 1. The first kappa shape index (κ1) is 12.5. The van der Waals surface area contributed by atoms with E-state index < -0.39 is 17.7 Å². The molecule has 0 spiro atoms. The molecule has 18 heavy (non-hydrogen) atoms. The molecule has 1 N–H and O–H groups in total. The van der Waals surface area contributed by atoms with E-state index in [9.17, 15) is 13.6 Å². The summed E-state index contributed by atoms with van der Waals surface area (Å²) in [7, 11) is 0. The summed E-state index contributed by atoms with van der Waals surface area (Å²) >= 11 is 0. The van der Waals surface area contributed by atoms with Gasteiger partial charge in [-0.25, -0.2) is 8.78 Å². The molecule has 1 atom stereocenters. The molecule has 1 aromatic rings. The third-order valence-corrected chi connectivity index (χ3v) is 2.90. The number of nitrogens with zero attached hydrogens (tertiary/aromatic N) is 1. The summed E-state index contributed by atoms with van der Waals surface area (Å²) in [4.78, 5) is 11.6. The van der Waals surface area contributed by atoms with Gasteiger partial charge in [0, 0.05) is 0 Å². The van der Waals surface area contributed by atoms with Gasteiger partial charge in [-0.05, 0) is 36.5 Å². The lowest BCUT2D eigenvalue weighted by atomic mass is 10.1. The number of hydrogen-bond acceptors (Lipinski definition) is 2. The molecular weight excluding hydrogens is 238 g/mol. The molecule has 0 aliphatic heterocycles. The molecule has 0 bridgehead atoms. The lowest BCUT2D eigenvalue weighted by molar-refractivity contribution is -0.120. The third kappa shape index (κ3) is 3.04. The zero-order valence-corrected chi connectivity index (χ0v) is 9.62. The first-order chi connectivity index (χ1) is 8.60. The summed E-state index contributed by atoms with van der Waals surface area (Å²) in [6, 6.07) is 4.90. The number of rotatable bonds is 4. The maximum Gasteiger partial charge on any atom is 0.225 e. The van der Waals surface area contributed by atoms with Crippen molar-refractivity contribution in [3.05, 3.63) is 35.4 Å². The van der Waals surface area contributed by atoms with Crippen LogP contribution in [0, 0.1) is 28.9 Å². The van der Waals surface area contributed by atoms with Gasteiger partial charge in [0.15, 0.2) is 11.6 Å². The second kappa shape index (κ2) is 5.13. The minimum Gasteiger partial charge on any atom is -0.340 e. The molecule has 1 aromatic carbocycles.